The van der Waals surface area contributed by atoms with E-state index in [0.717, 1.165) is 5.56 Å². The zero-order valence-corrected chi connectivity index (χ0v) is 10.8. The average molecular weight is 236 g/mol. The van der Waals surface area contributed by atoms with E-state index in [-0.39, 0.29) is 6.04 Å². The van der Waals surface area contributed by atoms with Gasteiger partial charge < -0.3 is 10.8 Å². The molecule has 0 saturated heterocycles. The Balaban J connectivity index is 3.14. The van der Waals surface area contributed by atoms with E-state index >= 15 is 0 Å². The molecule has 0 aliphatic heterocycles. The summed E-state index contributed by atoms with van der Waals surface area (Å²) in [6, 6.07) is 7.09. The smallest absolute Gasteiger partial charge is 0.408 e. The van der Waals surface area contributed by atoms with Gasteiger partial charge in [-0.25, -0.2) is 4.79 Å². The summed E-state index contributed by atoms with van der Waals surface area (Å²) in [4.78, 5) is 12.8. The number of para-hydroxylation sites is 1. The van der Waals surface area contributed by atoms with Crippen LogP contribution in [-0.4, -0.2) is 21.6 Å². The van der Waals surface area contributed by atoms with Crippen LogP contribution in [0.25, 0.3) is 0 Å². The molecule has 0 unspecified atom stereocenters. The molecule has 3 N–H and O–H groups in total. The molecule has 0 saturated carbocycles. The number of hydrogen-bond donors (Lipinski definition) is 2. The third kappa shape index (κ3) is 2.90. The Kier molecular flexibility index (Phi) is 3.66. The first-order valence-corrected chi connectivity index (χ1v) is 5.62. The van der Waals surface area contributed by atoms with Crippen LogP contribution in [-0.2, 0) is 0 Å². The van der Waals surface area contributed by atoms with Crippen LogP contribution in [0.3, 0.4) is 0 Å². The van der Waals surface area contributed by atoms with Crippen molar-refractivity contribution in [2.75, 3.05) is 5.73 Å². The van der Waals surface area contributed by atoms with E-state index in [2.05, 4.69) is 0 Å². The Morgan fingerprint density at radius 3 is 2.29 bits per heavy atom. The predicted molar refractivity (Wildman–Crippen MR) is 68.9 cm³/mol. The third-order valence-electron chi connectivity index (χ3n) is 2.76. The first kappa shape index (κ1) is 13.4. The standard InChI is InChI=1S/C13H20N2O2/c1-9(10-7-5-6-8-11(10)14)15(12(16)17)13(2,3)4/h5-9H,14H2,1-4H3,(H,16,17)/t9-/m1/s1. The van der Waals surface area contributed by atoms with Crippen molar-refractivity contribution in [3.05, 3.63) is 29.8 Å². The highest BCUT2D eigenvalue weighted by Gasteiger charge is 2.32. The molecular weight excluding hydrogens is 216 g/mol. The summed E-state index contributed by atoms with van der Waals surface area (Å²) in [7, 11) is 0. The van der Waals surface area contributed by atoms with E-state index < -0.39 is 11.6 Å². The molecule has 94 valence electrons. The quantitative estimate of drug-likeness (QED) is 0.775. The fraction of sp³-hybridized carbons (Fsp3) is 0.462. The Labute approximate surface area is 102 Å². The molecule has 0 spiro atoms. The first-order valence-electron chi connectivity index (χ1n) is 5.62. The molecule has 0 aliphatic rings. The summed E-state index contributed by atoms with van der Waals surface area (Å²) in [5, 5.41) is 9.32. The van der Waals surface area contributed by atoms with Gasteiger partial charge in [0, 0.05) is 11.2 Å². The molecule has 1 amide bonds. The fourth-order valence-corrected chi connectivity index (χ4v) is 2.06. The number of hydrogen-bond acceptors (Lipinski definition) is 2. The maximum Gasteiger partial charge on any atom is 0.408 e. The molecule has 4 nitrogen and oxygen atoms in total. The van der Waals surface area contributed by atoms with E-state index in [1.807, 2.05) is 45.9 Å². The summed E-state index contributed by atoms with van der Waals surface area (Å²) in [6.45, 7) is 7.47. The van der Waals surface area contributed by atoms with Crippen molar-refractivity contribution in [1.29, 1.82) is 0 Å². The summed E-state index contributed by atoms with van der Waals surface area (Å²) in [6.07, 6.45) is -0.937. The van der Waals surface area contributed by atoms with Gasteiger partial charge in [0.05, 0.1) is 6.04 Å². The maximum absolute atomic E-state index is 11.4. The van der Waals surface area contributed by atoms with Crippen LogP contribution in [0.1, 0.15) is 39.3 Å². The zero-order chi connectivity index (χ0) is 13.2. The number of rotatable bonds is 2. The maximum atomic E-state index is 11.4. The van der Waals surface area contributed by atoms with Gasteiger partial charge in [-0.05, 0) is 39.3 Å². The second-order valence-electron chi connectivity index (χ2n) is 5.13. The van der Waals surface area contributed by atoms with Crippen molar-refractivity contribution in [3.63, 3.8) is 0 Å². The van der Waals surface area contributed by atoms with Crippen LogP contribution in [0, 0.1) is 0 Å². The molecule has 1 aromatic carbocycles. The van der Waals surface area contributed by atoms with Crippen molar-refractivity contribution in [3.8, 4) is 0 Å². The molecule has 1 aromatic rings. The summed E-state index contributed by atoms with van der Waals surface area (Å²) in [5.74, 6) is 0. The van der Waals surface area contributed by atoms with Crippen LogP contribution >= 0.6 is 0 Å². The highest BCUT2D eigenvalue weighted by Crippen LogP contribution is 2.30. The molecule has 0 aromatic heterocycles. The predicted octanol–water partition coefficient (Wildman–Crippen LogP) is 3.11. The molecular formula is C13H20N2O2. The van der Waals surface area contributed by atoms with Crippen molar-refractivity contribution in [2.45, 2.75) is 39.3 Å². The second kappa shape index (κ2) is 4.65. The number of nitrogens with two attached hydrogens (primary N) is 1. The second-order valence-corrected chi connectivity index (χ2v) is 5.13. The Morgan fingerprint density at radius 2 is 1.88 bits per heavy atom. The van der Waals surface area contributed by atoms with Crippen molar-refractivity contribution in [2.24, 2.45) is 0 Å². The lowest BCUT2D eigenvalue weighted by molar-refractivity contribution is 0.0755. The van der Waals surface area contributed by atoms with E-state index in [9.17, 15) is 9.90 Å². The van der Waals surface area contributed by atoms with Gasteiger partial charge in [-0.15, -0.1) is 0 Å². The van der Waals surface area contributed by atoms with Crippen LogP contribution < -0.4 is 5.73 Å². The average Bonchev–Trinajstić information content (AvgIpc) is 2.15. The first-order chi connectivity index (χ1) is 7.75. The van der Waals surface area contributed by atoms with Gasteiger partial charge in [0.15, 0.2) is 0 Å². The summed E-state index contributed by atoms with van der Waals surface area (Å²) < 4.78 is 0. The van der Waals surface area contributed by atoms with Crippen molar-refractivity contribution < 1.29 is 9.90 Å². The van der Waals surface area contributed by atoms with E-state index in [1.165, 1.54) is 4.90 Å². The molecule has 1 atom stereocenters. The van der Waals surface area contributed by atoms with Crippen molar-refractivity contribution >= 4 is 11.8 Å². The third-order valence-corrected chi connectivity index (χ3v) is 2.76. The van der Waals surface area contributed by atoms with Crippen LogP contribution in [0.15, 0.2) is 24.3 Å². The summed E-state index contributed by atoms with van der Waals surface area (Å²) in [5.41, 5.74) is 6.88. The van der Waals surface area contributed by atoms with E-state index in [1.54, 1.807) is 6.07 Å². The van der Waals surface area contributed by atoms with Gasteiger partial charge in [0.2, 0.25) is 0 Å². The number of nitrogen functional groups attached to an aromatic ring is 1. The molecule has 0 heterocycles. The monoisotopic (exact) mass is 236 g/mol. The number of carbonyl (C=O) groups is 1. The fourth-order valence-electron chi connectivity index (χ4n) is 2.06. The van der Waals surface area contributed by atoms with E-state index in [0.29, 0.717) is 5.69 Å². The topological polar surface area (TPSA) is 66.6 Å². The van der Waals surface area contributed by atoms with Crippen LogP contribution in [0.2, 0.25) is 0 Å². The largest absolute Gasteiger partial charge is 0.465 e. The summed E-state index contributed by atoms with van der Waals surface area (Å²) >= 11 is 0. The molecule has 0 bridgehead atoms. The normalized spacial score (nSPS) is 13.2. The van der Waals surface area contributed by atoms with Gasteiger partial charge in [0.1, 0.15) is 0 Å². The van der Waals surface area contributed by atoms with Crippen LogP contribution in [0.5, 0.6) is 0 Å². The van der Waals surface area contributed by atoms with Gasteiger partial charge >= 0.3 is 6.09 Å². The SMILES string of the molecule is C[C@H](c1ccccc1N)N(C(=O)O)C(C)(C)C. The lowest BCUT2D eigenvalue weighted by Crippen LogP contribution is -2.46. The zero-order valence-electron chi connectivity index (χ0n) is 10.8. The number of benzene rings is 1. The molecule has 1 rings (SSSR count). The number of carboxylic acid groups (broad SMARTS) is 1. The minimum absolute atomic E-state index is 0.270. The van der Waals surface area contributed by atoms with Gasteiger partial charge in [-0.3, -0.25) is 4.90 Å². The molecule has 17 heavy (non-hydrogen) atoms. The van der Waals surface area contributed by atoms with Gasteiger partial charge in [-0.2, -0.15) is 0 Å². The number of anilines is 1. The number of nitrogens with zero attached hydrogens (tertiary/aromatic N) is 1. The Hall–Kier alpha value is -1.71. The van der Waals surface area contributed by atoms with Gasteiger partial charge in [-0.1, -0.05) is 18.2 Å². The van der Waals surface area contributed by atoms with Gasteiger partial charge in [0.25, 0.3) is 0 Å². The van der Waals surface area contributed by atoms with Crippen LogP contribution in [0.4, 0.5) is 10.5 Å². The minimum Gasteiger partial charge on any atom is -0.465 e. The molecule has 0 radical (unpaired) electrons. The van der Waals surface area contributed by atoms with Crippen molar-refractivity contribution in [1.82, 2.24) is 4.90 Å². The molecule has 0 fully saturated rings. The van der Waals surface area contributed by atoms with E-state index in [4.69, 9.17) is 5.73 Å². The minimum atomic E-state index is -0.937. The Morgan fingerprint density at radius 1 is 1.35 bits per heavy atom. The molecule has 0 aliphatic carbocycles. The number of amides is 1. The highest BCUT2D eigenvalue weighted by atomic mass is 16.4. The Bertz CT molecular complexity index is 410. The lowest BCUT2D eigenvalue weighted by Gasteiger charge is -2.38. The lowest BCUT2D eigenvalue weighted by atomic mass is 9.98. The molecule has 4 heteroatoms. The highest BCUT2D eigenvalue weighted by molar-refractivity contribution is 5.67.